The van der Waals surface area contributed by atoms with Gasteiger partial charge in [-0.2, -0.15) is 26.3 Å². The predicted octanol–water partition coefficient (Wildman–Crippen LogP) is 4.96. The second-order valence-corrected chi connectivity index (χ2v) is 7.86. The Balaban J connectivity index is 2.18. The van der Waals surface area contributed by atoms with E-state index in [1.165, 1.54) is 17.0 Å². The number of halogens is 6. The number of carbonyl (C=O) groups is 1. The molecule has 0 N–H and O–H groups in total. The molecule has 2 atom stereocenters. The molecule has 1 saturated carbocycles. The van der Waals surface area contributed by atoms with Crippen LogP contribution in [0, 0.1) is 11.8 Å². The van der Waals surface area contributed by atoms with E-state index >= 15 is 0 Å². The Bertz CT molecular complexity index is 686. The average Bonchev–Trinajstić information content (AvgIpc) is 2.63. The van der Waals surface area contributed by atoms with Crippen molar-refractivity contribution in [2.75, 3.05) is 27.2 Å². The molecule has 0 heterocycles. The Hall–Kier alpha value is -1.77. The summed E-state index contributed by atoms with van der Waals surface area (Å²) in [6.45, 7) is 0.624. The molecular weight excluding hydrogens is 398 g/mol. The molecule has 3 nitrogen and oxygen atoms in total. The molecule has 29 heavy (non-hydrogen) atoms. The van der Waals surface area contributed by atoms with Crippen molar-refractivity contribution in [3.05, 3.63) is 35.4 Å². The van der Waals surface area contributed by atoms with Crippen LogP contribution in [0.5, 0.6) is 0 Å². The summed E-state index contributed by atoms with van der Waals surface area (Å²) in [5, 5.41) is 0. The minimum absolute atomic E-state index is 0.0125. The van der Waals surface area contributed by atoms with Crippen LogP contribution in [-0.4, -0.2) is 49.1 Å². The van der Waals surface area contributed by atoms with Gasteiger partial charge in [-0.25, -0.2) is 0 Å². The number of amides is 1. The van der Waals surface area contributed by atoms with E-state index < -0.39 is 35.7 Å². The van der Waals surface area contributed by atoms with Crippen LogP contribution in [0.15, 0.2) is 24.3 Å². The van der Waals surface area contributed by atoms with E-state index in [4.69, 9.17) is 0 Å². The Kier molecular flexibility index (Phi) is 7.59. The second kappa shape index (κ2) is 9.36. The molecule has 164 valence electrons. The van der Waals surface area contributed by atoms with E-state index in [1.807, 2.05) is 4.90 Å². The molecule has 9 heteroatoms. The number of hydrogen-bond acceptors (Lipinski definition) is 2. The third kappa shape index (κ3) is 6.90. The van der Waals surface area contributed by atoms with Crippen LogP contribution < -0.4 is 0 Å². The van der Waals surface area contributed by atoms with Crippen molar-refractivity contribution in [1.82, 2.24) is 9.80 Å². The number of rotatable bonds is 6. The molecule has 0 bridgehead atoms. The number of hydrogen-bond donors (Lipinski definition) is 0. The van der Waals surface area contributed by atoms with Crippen LogP contribution >= 0.6 is 0 Å². The van der Waals surface area contributed by atoms with Crippen molar-refractivity contribution in [1.29, 1.82) is 0 Å². The van der Waals surface area contributed by atoms with Crippen molar-refractivity contribution in [2.24, 2.45) is 11.8 Å². The summed E-state index contributed by atoms with van der Waals surface area (Å²) in [5.41, 5.74) is -0.514. The van der Waals surface area contributed by atoms with E-state index in [-0.39, 0.29) is 25.9 Å². The molecule has 0 radical (unpaired) electrons. The van der Waals surface area contributed by atoms with Crippen molar-refractivity contribution < 1.29 is 31.1 Å². The molecule has 1 fully saturated rings. The third-order valence-electron chi connectivity index (χ3n) is 5.24. The fourth-order valence-corrected chi connectivity index (χ4v) is 3.62. The standard InChI is InChI=1S/C20H26F6N2O/c1-27(2)9-10-28(13-14-5-3-7-16(11-14)19(21,22)23)18(29)15-6-4-8-17(12-15)20(24,25)26/h3,5,7,11,15,17H,4,6,8-10,12-13H2,1-2H3. The highest BCUT2D eigenvalue weighted by molar-refractivity contribution is 5.79. The van der Waals surface area contributed by atoms with E-state index in [0.717, 1.165) is 12.1 Å². The molecule has 1 aliphatic rings. The van der Waals surface area contributed by atoms with Crippen LogP contribution in [0.25, 0.3) is 0 Å². The molecular formula is C20H26F6N2O. The van der Waals surface area contributed by atoms with Crippen LogP contribution in [0.3, 0.4) is 0 Å². The van der Waals surface area contributed by atoms with Crippen LogP contribution in [0.2, 0.25) is 0 Å². The first kappa shape index (κ1) is 23.5. The first-order valence-corrected chi connectivity index (χ1v) is 9.54. The number of likely N-dealkylation sites (N-methyl/N-ethyl adjacent to an activating group) is 1. The molecule has 1 aromatic carbocycles. The van der Waals surface area contributed by atoms with Crippen LogP contribution in [0.4, 0.5) is 26.3 Å². The summed E-state index contributed by atoms with van der Waals surface area (Å²) in [5.74, 6) is -2.68. The molecule has 2 unspecified atom stereocenters. The highest BCUT2D eigenvalue weighted by Gasteiger charge is 2.44. The monoisotopic (exact) mass is 424 g/mol. The Labute approximate surface area is 166 Å². The lowest BCUT2D eigenvalue weighted by Gasteiger charge is -2.34. The fraction of sp³-hybridized carbons (Fsp3) is 0.650. The maximum absolute atomic E-state index is 13.1. The van der Waals surface area contributed by atoms with Crippen molar-refractivity contribution >= 4 is 5.91 Å². The lowest BCUT2D eigenvalue weighted by molar-refractivity contribution is -0.187. The smallest absolute Gasteiger partial charge is 0.337 e. The third-order valence-corrected chi connectivity index (χ3v) is 5.24. The lowest BCUT2D eigenvalue weighted by atomic mass is 9.80. The van der Waals surface area contributed by atoms with Gasteiger partial charge in [-0.3, -0.25) is 4.79 Å². The zero-order valence-electron chi connectivity index (χ0n) is 16.5. The highest BCUT2D eigenvalue weighted by atomic mass is 19.4. The van der Waals surface area contributed by atoms with Crippen molar-refractivity contribution in [2.45, 2.75) is 44.6 Å². The Morgan fingerprint density at radius 2 is 1.76 bits per heavy atom. The summed E-state index contributed by atoms with van der Waals surface area (Å²) in [7, 11) is 3.57. The Morgan fingerprint density at radius 3 is 2.34 bits per heavy atom. The normalized spacial score (nSPS) is 20.7. The van der Waals surface area contributed by atoms with Gasteiger partial charge in [0.25, 0.3) is 0 Å². The van der Waals surface area contributed by atoms with Gasteiger partial charge in [0.2, 0.25) is 5.91 Å². The number of carbonyl (C=O) groups excluding carboxylic acids is 1. The van der Waals surface area contributed by atoms with Crippen molar-refractivity contribution in [3.8, 4) is 0 Å². The lowest BCUT2D eigenvalue weighted by Crippen LogP contribution is -2.42. The average molecular weight is 424 g/mol. The molecule has 1 amide bonds. The molecule has 0 aromatic heterocycles. The predicted molar refractivity (Wildman–Crippen MR) is 96.9 cm³/mol. The minimum Gasteiger partial charge on any atom is -0.337 e. The SMILES string of the molecule is CN(C)CCN(Cc1cccc(C(F)(F)F)c1)C(=O)C1CCCC(C(F)(F)F)C1. The van der Waals surface area contributed by atoms with E-state index in [9.17, 15) is 31.1 Å². The van der Waals surface area contributed by atoms with Gasteiger partial charge in [-0.05, 0) is 51.1 Å². The molecule has 1 aromatic rings. The molecule has 0 saturated heterocycles. The fourth-order valence-electron chi connectivity index (χ4n) is 3.62. The van der Waals surface area contributed by atoms with Gasteiger partial charge in [0.05, 0.1) is 11.5 Å². The van der Waals surface area contributed by atoms with Crippen molar-refractivity contribution in [3.63, 3.8) is 0 Å². The summed E-state index contributed by atoms with van der Waals surface area (Å²) < 4.78 is 78.2. The van der Waals surface area contributed by atoms with Crippen LogP contribution in [0.1, 0.15) is 36.8 Å². The maximum Gasteiger partial charge on any atom is 0.416 e. The number of benzene rings is 1. The first-order chi connectivity index (χ1) is 13.4. The van der Waals surface area contributed by atoms with Gasteiger partial charge in [0.1, 0.15) is 0 Å². The van der Waals surface area contributed by atoms with E-state index in [0.29, 0.717) is 24.9 Å². The van der Waals surface area contributed by atoms with Gasteiger partial charge in [-0.1, -0.05) is 18.6 Å². The summed E-state index contributed by atoms with van der Waals surface area (Å²) in [6, 6.07) is 4.69. The minimum atomic E-state index is -4.50. The maximum atomic E-state index is 13.1. The quantitative estimate of drug-likeness (QED) is 0.603. The molecule has 2 rings (SSSR count). The largest absolute Gasteiger partial charge is 0.416 e. The zero-order chi connectivity index (χ0) is 21.8. The number of alkyl halides is 6. The summed E-state index contributed by atoms with van der Waals surface area (Å²) in [6.07, 6.45) is -8.41. The topological polar surface area (TPSA) is 23.6 Å². The van der Waals surface area contributed by atoms with Gasteiger partial charge in [0.15, 0.2) is 0 Å². The van der Waals surface area contributed by atoms with Gasteiger partial charge in [0, 0.05) is 25.6 Å². The van der Waals surface area contributed by atoms with E-state index in [1.54, 1.807) is 14.1 Å². The summed E-state index contributed by atoms with van der Waals surface area (Å²) in [4.78, 5) is 16.2. The molecule has 0 spiro atoms. The zero-order valence-corrected chi connectivity index (χ0v) is 16.5. The summed E-state index contributed by atoms with van der Waals surface area (Å²) >= 11 is 0. The molecule has 0 aliphatic heterocycles. The van der Waals surface area contributed by atoms with Gasteiger partial charge in [-0.15, -0.1) is 0 Å². The number of nitrogens with zero attached hydrogens (tertiary/aromatic N) is 2. The van der Waals surface area contributed by atoms with Crippen LogP contribution in [-0.2, 0) is 17.5 Å². The highest BCUT2D eigenvalue weighted by Crippen LogP contribution is 2.40. The van der Waals surface area contributed by atoms with Gasteiger partial charge < -0.3 is 9.80 Å². The van der Waals surface area contributed by atoms with E-state index in [2.05, 4.69) is 0 Å². The Morgan fingerprint density at radius 1 is 1.07 bits per heavy atom. The van der Waals surface area contributed by atoms with Gasteiger partial charge >= 0.3 is 12.4 Å². The first-order valence-electron chi connectivity index (χ1n) is 9.54. The molecule has 1 aliphatic carbocycles. The second-order valence-electron chi connectivity index (χ2n) is 7.86.